The summed E-state index contributed by atoms with van der Waals surface area (Å²) in [6, 6.07) is 0. The first kappa shape index (κ1) is 21.3. The molecule has 1 spiro atoms. The van der Waals surface area contributed by atoms with Gasteiger partial charge in [-0.1, -0.05) is 24.8 Å². The molecule has 0 bridgehead atoms. The molecule has 0 unspecified atom stereocenters. The fourth-order valence-corrected chi connectivity index (χ4v) is 4.60. The van der Waals surface area contributed by atoms with Crippen LogP contribution >= 0.6 is 17.2 Å². The molecule has 2 aliphatic rings. The van der Waals surface area contributed by atoms with Crippen LogP contribution in [0.1, 0.15) is 20.8 Å². The highest BCUT2D eigenvalue weighted by Gasteiger charge is 2.44. The van der Waals surface area contributed by atoms with Crippen molar-refractivity contribution in [1.29, 1.82) is 0 Å². The topological polar surface area (TPSA) is 55.4 Å². The maximum Gasteiger partial charge on any atom is 0.397 e. The normalized spacial score (nSPS) is 30.9. The van der Waals surface area contributed by atoms with Gasteiger partial charge < -0.3 is 27.1 Å². The van der Waals surface area contributed by atoms with Gasteiger partial charge in [-0.3, -0.25) is 0 Å². The zero-order valence-corrected chi connectivity index (χ0v) is 17.2. The SMILES string of the molecule is C=C/C=C\C(=C/C)OP1OCC2(COP(OC(/C=C\C)=C/C)OC2)CO1. The van der Waals surface area contributed by atoms with E-state index < -0.39 is 17.2 Å². The van der Waals surface area contributed by atoms with Crippen LogP contribution < -0.4 is 0 Å². The van der Waals surface area contributed by atoms with Gasteiger partial charge in [0.2, 0.25) is 0 Å². The summed E-state index contributed by atoms with van der Waals surface area (Å²) in [5.41, 5.74) is -0.325. The van der Waals surface area contributed by atoms with E-state index in [4.69, 9.17) is 27.1 Å². The Morgan fingerprint density at radius 2 is 1.31 bits per heavy atom. The summed E-state index contributed by atoms with van der Waals surface area (Å²) in [6.07, 6.45) is 12.8. The minimum absolute atomic E-state index is 0.325. The molecule has 144 valence electrons. The summed E-state index contributed by atoms with van der Waals surface area (Å²) in [6.45, 7) is 11.2. The van der Waals surface area contributed by atoms with Gasteiger partial charge in [0.15, 0.2) is 0 Å². The van der Waals surface area contributed by atoms with E-state index in [9.17, 15) is 0 Å². The molecular formula is C18H26O6P2. The van der Waals surface area contributed by atoms with Crippen molar-refractivity contribution in [2.24, 2.45) is 5.41 Å². The second-order valence-electron chi connectivity index (χ2n) is 5.70. The minimum Gasteiger partial charge on any atom is -0.427 e. The van der Waals surface area contributed by atoms with Gasteiger partial charge in [-0.05, 0) is 45.1 Å². The summed E-state index contributed by atoms with van der Waals surface area (Å²) in [5, 5.41) is 0. The van der Waals surface area contributed by atoms with Gasteiger partial charge in [-0.25, -0.2) is 0 Å². The Morgan fingerprint density at radius 3 is 1.69 bits per heavy atom. The highest BCUT2D eigenvalue weighted by Crippen LogP contribution is 2.54. The Morgan fingerprint density at radius 1 is 0.846 bits per heavy atom. The standard InChI is InChI=1S/C18H26O6P2/c1-5-9-11-17(8-4)24-26-21-14-18(15-22-26)12-19-25(20-13-18)23-16(7-3)10-6-2/h5-11H,1,12-15H2,2-4H3/b10-6-,11-9-,16-7+,17-8+. The molecule has 0 aromatic carbocycles. The van der Waals surface area contributed by atoms with Gasteiger partial charge in [0, 0.05) is 0 Å². The Hall–Kier alpha value is -1.00. The van der Waals surface area contributed by atoms with Crippen molar-refractivity contribution in [3.8, 4) is 0 Å². The first-order chi connectivity index (χ1) is 12.6. The van der Waals surface area contributed by atoms with Crippen molar-refractivity contribution in [3.63, 3.8) is 0 Å². The predicted octanol–water partition coefficient (Wildman–Crippen LogP) is 5.68. The molecule has 0 N–H and O–H groups in total. The predicted molar refractivity (Wildman–Crippen MR) is 104 cm³/mol. The van der Waals surface area contributed by atoms with Crippen LogP contribution in [-0.2, 0) is 27.1 Å². The maximum atomic E-state index is 5.76. The molecule has 0 atom stereocenters. The summed E-state index contributed by atoms with van der Waals surface area (Å²) < 4.78 is 34.5. The summed E-state index contributed by atoms with van der Waals surface area (Å²) in [7, 11) is -2.82. The van der Waals surface area contributed by atoms with E-state index >= 15 is 0 Å². The van der Waals surface area contributed by atoms with Gasteiger partial charge >= 0.3 is 17.2 Å². The Labute approximate surface area is 158 Å². The van der Waals surface area contributed by atoms with Crippen LogP contribution in [0.2, 0.25) is 0 Å². The van der Waals surface area contributed by atoms with E-state index in [-0.39, 0.29) is 5.41 Å². The molecule has 0 radical (unpaired) electrons. The largest absolute Gasteiger partial charge is 0.427 e. The zero-order chi connectivity index (χ0) is 18.8. The van der Waals surface area contributed by atoms with Gasteiger partial charge in [0.1, 0.15) is 11.5 Å². The van der Waals surface area contributed by atoms with Crippen LogP contribution in [0.4, 0.5) is 0 Å². The molecule has 0 aromatic rings. The molecule has 26 heavy (non-hydrogen) atoms. The number of rotatable bonds is 7. The molecule has 2 fully saturated rings. The van der Waals surface area contributed by atoms with Gasteiger partial charge in [0.05, 0.1) is 31.8 Å². The Kier molecular flexibility index (Phi) is 9.00. The van der Waals surface area contributed by atoms with E-state index in [1.807, 2.05) is 51.2 Å². The van der Waals surface area contributed by atoms with Crippen molar-refractivity contribution < 1.29 is 27.1 Å². The molecule has 8 heteroatoms. The molecular weight excluding hydrogens is 374 g/mol. The van der Waals surface area contributed by atoms with Crippen LogP contribution in [0.3, 0.4) is 0 Å². The maximum absolute atomic E-state index is 5.76. The lowest BCUT2D eigenvalue weighted by Gasteiger charge is -2.41. The first-order valence-corrected chi connectivity index (χ1v) is 10.6. The summed E-state index contributed by atoms with van der Waals surface area (Å²) >= 11 is 0. The van der Waals surface area contributed by atoms with Crippen molar-refractivity contribution >= 4 is 17.2 Å². The second-order valence-corrected chi connectivity index (χ2v) is 7.99. The molecule has 2 aliphatic heterocycles. The second kappa shape index (κ2) is 11.0. The molecule has 0 amide bonds. The van der Waals surface area contributed by atoms with Crippen molar-refractivity contribution in [3.05, 3.63) is 60.6 Å². The average Bonchev–Trinajstić information content (AvgIpc) is 2.68. The highest BCUT2D eigenvalue weighted by atomic mass is 31.2. The number of allylic oxidation sites excluding steroid dienone is 7. The summed E-state index contributed by atoms with van der Waals surface area (Å²) in [5.74, 6) is 1.41. The molecule has 6 nitrogen and oxygen atoms in total. The number of hydrogen-bond donors (Lipinski definition) is 0. The quantitative estimate of drug-likeness (QED) is 0.311. The lowest BCUT2D eigenvalue weighted by molar-refractivity contribution is -0.0714. The van der Waals surface area contributed by atoms with Crippen molar-refractivity contribution in [1.82, 2.24) is 0 Å². The third kappa shape index (κ3) is 6.31. The van der Waals surface area contributed by atoms with E-state index in [1.165, 1.54) is 0 Å². The Balaban J connectivity index is 1.79. The third-order valence-electron chi connectivity index (χ3n) is 3.56. The lowest BCUT2D eigenvalue weighted by Crippen LogP contribution is -2.44. The van der Waals surface area contributed by atoms with Crippen molar-refractivity contribution in [2.45, 2.75) is 20.8 Å². The Bertz CT molecular complexity index is 566. The number of hydrogen-bond acceptors (Lipinski definition) is 6. The van der Waals surface area contributed by atoms with E-state index in [0.29, 0.717) is 32.2 Å². The summed E-state index contributed by atoms with van der Waals surface area (Å²) in [4.78, 5) is 0. The molecule has 2 rings (SSSR count). The van der Waals surface area contributed by atoms with Gasteiger partial charge in [0.25, 0.3) is 0 Å². The lowest BCUT2D eigenvalue weighted by atomic mass is 9.93. The highest BCUT2D eigenvalue weighted by molar-refractivity contribution is 7.42. The molecule has 0 aliphatic carbocycles. The molecule has 0 saturated carbocycles. The van der Waals surface area contributed by atoms with E-state index in [1.54, 1.807) is 12.2 Å². The smallest absolute Gasteiger partial charge is 0.397 e. The third-order valence-corrected chi connectivity index (χ3v) is 5.64. The van der Waals surface area contributed by atoms with Crippen LogP contribution in [0.5, 0.6) is 0 Å². The van der Waals surface area contributed by atoms with Crippen LogP contribution in [0.15, 0.2) is 60.6 Å². The van der Waals surface area contributed by atoms with Crippen LogP contribution in [-0.4, -0.2) is 26.4 Å². The molecule has 2 heterocycles. The minimum atomic E-state index is -1.43. The fraction of sp³-hybridized carbons (Fsp3) is 0.444. The molecule has 2 saturated heterocycles. The average molecular weight is 400 g/mol. The monoisotopic (exact) mass is 400 g/mol. The fourth-order valence-electron chi connectivity index (χ4n) is 2.05. The van der Waals surface area contributed by atoms with E-state index in [2.05, 4.69) is 6.58 Å². The molecule has 0 aromatic heterocycles. The van der Waals surface area contributed by atoms with Gasteiger partial charge in [-0.15, -0.1) is 0 Å². The van der Waals surface area contributed by atoms with E-state index in [0.717, 1.165) is 5.76 Å². The van der Waals surface area contributed by atoms with Gasteiger partial charge in [-0.2, -0.15) is 0 Å². The van der Waals surface area contributed by atoms with Crippen LogP contribution in [0.25, 0.3) is 0 Å². The first-order valence-electron chi connectivity index (χ1n) is 8.37. The zero-order valence-electron chi connectivity index (χ0n) is 15.4. The van der Waals surface area contributed by atoms with Crippen molar-refractivity contribution in [2.75, 3.05) is 26.4 Å². The van der Waals surface area contributed by atoms with Crippen LogP contribution in [0, 0.1) is 5.41 Å².